The van der Waals surface area contributed by atoms with Gasteiger partial charge < -0.3 is 10.2 Å². The molecule has 140 valence electrons. The van der Waals surface area contributed by atoms with Crippen LogP contribution in [-0.4, -0.2) is 30.6 Å². The molecule has 0 radical (unpaired) electrons. The van der Waals surface area contributed by atoms with Gasteiger partial charge in [0.25, 0.3) is 0 Å². The lowest BCUT2D eigenvalue weighted by molar-refractivity contribution is 0.296. The molecule has 3 aliphatic heterocycles. The molecule has 4 heteroatoms. The van der Waals surface area contributed by atoms with E-state index in [0.29, 0.717) is 6.04 Å². The third-order valence-corrected chi connectivity index (χ3v) is 7.35. The summed E-state index contributed by atoms with van der Waals surface area (Å²) in [5.41, 5.74) is 5.12. The first-order chi connectivity index (χ1) is 11.9. The molecule has 2 nitrogen and oxygen atoms in total. The summed E-state index contributed by atoms with van der Waals surface area (Å²) in [7, 11) is 0. The van der Waals surface area contributed by atoms with Crippen molar-refractivity contribution in [3.63, 3.8) is 0 Å². The Hall–Kier alpha value is -0.380. The number of thioether (sulfide) groups is 1. The van der Waals surface area contributed by atoms with Crippen molar-refractivity contribution in [2.75, 3.05) is 19.6 Å². The van der Waals surface area contributed by atoms with Crippen molar-refractivity contribution in [2.24, 2.45) is 5.92 Å². The van der Waals surface area contributed by atoms with Crippen molar-refractivity contribution in [1.29, 1.82) is 0 Å². The van der Waals surface area contributed by atoms with E-state index in [9.17, 15) is 0 Å². The Morgan fingerprint density at radius 3 is 2.96 bits per heavy atom. The number of nitrogens with one attached hydrogen (secondary N) is 1. The third kappa shape index (κ3) is 3.84. The van der Waals surface area contributed by atoms with Gasteiger partial charge >= 0.3 is 0 Å². The van der Waals surface area contributed by atoms with E-state index in [1.54, 1.807) is 21.7 Å². The minimum Gasteiger partial charge on any atom is -0.360 e. The first-order valence-electron chi connectivity index (χ1n) is 10.2. The fourth-order valence-corrected chi connectivity index (χ4v) is 6.13. The summed E-state index contributed by atoms with van der Waals surface area (Å²) < 4.78 is 0. The summed E-state index contributed by atoms with van der Waals surface area (Å²) in [5, 5.41) is 5.99. The fraction of sp³-hybridized carbons (Fsp3) is 0.714. The molecule has 2 unspecified atom stereocenters. The van der Waals surface area contributed by atoms with Crippen LogP contribution in [0.25, 0.3) is 0 Å². The van der Waals surface area contributed by atoms with E-state index < -0.39 is 0 Å². The number of nitrogens with zero attached hydrogens (tertiary/aromatic N) is 1. The van der Waals surface area contributed by atoms with E-state index in [1.807, 2.05) is 11.8 Å². The topological polar surface area (TPSA) is 15.3 Å². The van der Waals surface area contributed by atoms with Crippen LogP contribution in [0.2, 0.25) is 0 Å². The van der Waals surface area contributed by atoms with Gasteiger partial charge in [-0.3, -0.25) is 0 Å². The summed E-state index contributed by atoms with van der Waals surface area (Å²) in [4.78, 5) is 4.46. The van der Waals surface area contributed by atoms with Gasteiger partial charge in [0.05, 0.1) is 11.7 Å². The molecule has 0 spiro atoms. The zero-order valence-electron chi connectivity index (χ0n) is 15.6. The highest BCUT2D eigenvalue weighted by Gasteiger charge is 2.41. The molecule has 3 heterocycles. The molecule has 25 heavy (non-hydrogen) atoms. The highest BCUT2D eigenvalue weighted by atomic mass is 35.5. The van der Waals surface area contributed by atoms with Crippen LogP contribution in [-0.2, 0) is 0 Å². The molecule has 1 aliphatic carbocycles. The van der Waals surface area contributed by atoms with Crippen LogP contribution in [0.5, 0.6) is 0 Å². The number of halogens is 1. The van der Waals surface area contributed by atoms with E-state index in [-0.39, 0.29) is 12.4 Å². The lowest BCUT2D eigenvalue weighted by atomic mass is 9.85. The first kappa shape index (κ1) is 19.4. The average molecular weight is 381 g/mol. The number of hydrogen-bond donors (Lipinski definition) is 1. The Kier molecular flexibility index (Phi) is 6.99. The maximum atomic E-state index is 3.62. The molecule has 0 bridgehead atoms. The Balaban J connectivity index is 0.00000182. The molecular formula is C21H33ClN2S. The normalized spacial score (nSPS) is 27.8. The van der Waals surface area contributed by atoms with Crippen LogP contribution in [0.15, 0.2) is 33.2 Å². The van der Waals surface area contributed by atoms with Crippen molar-refractivity contribution in [2.45, 2.75) is 70.8 Å². The second-order valence-electron chi connectivity index (χ2n) is 7.78. The molecule has 2 atom stereocenters. The fourth-order valence-electron chi connectivity index (χ4n) is 5.02. The highest BCUT2D eigenvalue weighted by molar-refractivity contribution is 8.05. The standard InChI is InChI=1S/C21H32N2S.ClH/c1-2-3-4-5-6-8-16-9-10-17-18-15-22-12-11-19(18)23-13-7-14-24-21(16)20(17)23;/h7,14,16,19,22H,2-6,8-13,15H2,1H3;1H. The Bertz CT molecular complexity index is 566. The highest BCUT2D eigenvalue weighted by Crippen LogP contribution is 2.51. The van der Waals surface area contributed by atoms with Crippen LogP contribution < -0.4 is 5.32 Å². The lowest BCUT2D eigenvalue weighted by Crippen LogP contribution is -2.40. The Morgan fingerprint density at radius 1 is 1.20 bits per heavy atom. The molecule has 0 saturated carbocycles. The summed E-state index contributed by atoms with van der Waals surface area (Å²) in [6.45, 7) is 5.73. The third-order valence-electron chi connectivity index (χ3n) is 6.25. The largest absolute Gasteiger partial charge is 0.360 e. The predicted molar refractivity (Wildman–Crippen MR) is 112 cm³/mol. The Morgan fingerprint density at radius 2 is 2.08 bits per heavy atom. The number of rotatable bonds is 6. The average Bonchev–Trinajstić information content (AvgIpc) is 2.77. The molecule has 4 aliphatic rings. The van der Waals surface area contributed by atoms with Crippen molar-refractivity contribution in [3.05, 3.63) is 33.2 Å². The lowest BCUT2D eigenvalue weighted by Gasteiger charge is -2.34. The number of unbranched alkanes of at least 4 members (excludes halogenated alkanes) is 4. The van der Waals surface area contributed by atoms with Crippen LogP contribution in [0.4, 0.5) is 0 Å². The van der Waals surface area contributed by atoms with Gasteiger partial charge in [-0.2, -0.15) is 0 Å². The van der Waals surface area contributed by atoms with Gasteiger partial charge in [0.1, 0.15) is 0 Å². The smallest absolute Gasteiger partial charge is 0.0537 e. The molecular weight excluding hydrogens is 348 g/mol. The van der Waals surface area contributed by atoms with E-state index in [4.69, 9.17) is 0 Å². The van der Waals surface area contributed by atoms with Crippen LogP contribution in [0.1, 0.15) is 64.7 Å². The van der Waals surface area contributed by atoms with Crippen LogP contribution >= 0.6 is 24.2 Å². The Labute approximate surface area is 164 Å². The second-order valence-corrected chi connectivity index (χ2v) is 8.73. The van der Waals surface area contributed by atoms with Gasteiger partial charge in [-0.05, 0) is 54.7 Å². The SMILES string of the molecule is CCCCCCCC1CCC2=C3CNCCC3N3CC=CSC1=C23.Cl. The van der Waals surface area contributed by atoms with Crippen LogP contribution in [0.3, 0.4) is 0 Å². The quantitative estimate of drug-likeness (QED) is 0.601. The molecule has 0 amide bonds. The molecule has 0 aromatic heterocycles. The van der Waals surface area contributed by atoms with E-state index in [0.717, 1.165) is 19.0 Å². The monoisotopic (exact) mass is 380 g/mol. The molecule has 0 aromatic carbocycles. The molecule has 1 saturated heterocycles. The van der Waals surface area contributed by atoms with Crippen molar-refractivity contribution >= 4 is 24.2 Å². The van der Waals surface area contributed by atoms with Gasteiger partial charge in [-0.25, -0.2) is 0 Å². The summed E-state index contributed by atoms with van der Waals surface area (Å²) >= 11 is 2.04. The number of fused-ring (bicyclic) bond motifs is 2. The van der Waals surface area contributed by atoms with Crippen molar-refractivity contribution < 1.29 is 0 Å². The van der Waals surface area contributed by atoms with Crippen molar-refractivity contribution in [1.82, 2.24) is 10.2 Å². The van der Waals surface area contributed by atoms with Gasteiger partial charge in [0.15, 0.2) is 0 Å². The first-order valence-corrected chi connectivity index (χ1v) is 11.0. The second kappa shape index (κ2) is 9.01. The van der Waals surface area contributed by atoms with E-state index >= 15 is 0 Å². The minimum absolute atomic E-state index is 0. The molecule has 1 N–H and O–H groups in total. The van der Waals surface area contributed by atoms with E-state index in [1.165, 1.54) is 64.3 Å². The number of allylic oxidation sites excluding steroid dienone is 2. The summed E-state index contributed by atoms with van der Waals surface area (Å²) in [5.74, 6) is 0.814. The van der Waals surface area contributed by atoms with Gasteiger partial charge in [-0.1, -0.05) is 45.1 Å². The maximum Gasteiger partial charge on any atom is 0.0537 e. The zero-order chi connectivity index (χ0) is 16.4. The van der Waals surface area contributed by atoms with Crippen molar-refractivity contribution in [3.8, 4) is 0 Å². The minimum atomic E-state index is 0. The predicted octanol–water partition coefficient (Wildman–Crippen LogP) is 5.62. The van der Waals surface area contributed by atoms with Gasteiger partial charge in [0.2, 0.25) is 0 Å². The number of piperidine rings is 1. The van der Waals surface area contributed by atoms with E-state index in [2.05, 4.69) is 28.6 Å². The molecule has 0 aromatic rings. The maximum absolute atomic E-state index is 3.62. The summed E-state index contributed by atoms with van der Waals surface area (Å²) in [6.07, 6.45) is 14.8. The van der Waals surface area contributed by atoms with Crippen LogP contribution in [0, 0.1) is 5.92 Å². The van der Waals surface area contributed by atoms with Gasteiger partial charge in [0, 0.05) is 18.0 Å². The number of hydrogen-bond acceptors (Lipinski definition) is 3. The molecule has 4 rings (SSSR count). The summed E-state index contributed by atoms with van der Waals surface area (Å²) in [6, 6.07) is 0.693. The molecule has 1 fully saturated rings. The zero-order valence-corrected chi connectivity index (χ0v) is 17.2. The van der Waals surface area contributed by atoms with Gasteiger partial charge in [-0.15, -0.1) is 24.2 Å².